The minimum atomic E-state index is 0.154. The number of nitrogens with zero attached hydrogens (tertiary/aromatic N) is 2. The Bertz CT molecular complexity index is 561. The number of rotatable bonds is 8. The Morgan fingerprint density at radius 1 is 1.08 bits per heavy atom. The molecular formula is C20H31N3O3. The molecule has 6 nitrogen and oxygen atoms in total. The van der Waals surface area contributed by atoms with Gasteiger partial charge in [-0.25, -0.2) is 0 Å². The van der Waals surface area contributed by atoms with Crippen LogP contribution in [0.3, 0.4) is 0 Å². The second-order valence-electron chi connectivity index (χ2n) is 7.03. The Morgan fingerprint density at radius 3 is 2.85 bits per heavy atom. The van der Waals surface area contributed by atoms with Crippen LogP contribution in [-0.4, -0.2) is 74.8 Å². The maximum atomic E-state index is 11.4. The summed E-state index contributed by atoms with van der Waals surface area (Å²) in [6.45, 7) is 9.05. The first-order valence-electron chi connectivity index (χ1n) is 9.80. The molecule has 0 bridgehead atoms. The van der Waals surface area contributed by atoms with Crippen molar-refractivity contribution in [1.82, 2.24) is 15.1 Å². The summed E-state index contributed by atoms with van der Waals surface area (Å²) >= 11 is 0. The van der Waals surface area contributed by atoms with Gasteiger partial charge in [0.05, 0.1) is 19.8 Å². The fourth-order valence-corrected chi connectivity index (χ4v) is 3.42. The average molecular weight is 361 g/mol. The number of carbonyl (C=O) groups excluding carboxylic acids is 1. The average Bonchev–Trinajstić information content (AvgIpc) is 2.87. The normalized spacial score (nSPS) is 19.8. The summed E-state index contributed by atoms with van der Waals surface area (Å²) < 4.78 is 11.3. The van der Waals surface area contributed by atoms with E-state index < -0.39 is 0 Å². The number of ether oxygens (including phenoxy) is 2. The van der Waals surface area contributed by atoms with Crippen LogP contribution >= 0.6 is 0 Å². The number of carbonyl (C=O) groups is 1. The van der Waals surface area contributed by atoms with Crippen LogP contribution in [0.15, 0.2) is 24.3 Å². The Morgan fingerprint density at radius 2 is 1.96 bits per heavy atom. The van der Waals surface area contributed by atoms with Crippen molar-refractivity contribution in [3.63, 3.8) is 0 Å². The first-order chi connectivity index (χ1) is 12.8. The molecule has 0 radical (unpaired) electrons. The van der Waals surface area contributed by atoms with Crippen LogP contribution in [0.1, 0.15) is 24.8 Å². The van der Waals surface area contributed by atoms with Gasteiger partial charge in [0, 0.05) is 45.7 Å². The molecule has 6 heteroatoms. The minimum absolute atomic E-state index is 0.154. The molecule has 1 N–H and O–H groups in total. The Kier molecular flexibility index (Phi) is 7.73. The van der Waals surface area contributed by atoms with Crippen molar-refractivity contribution >= 4 is 5.91 Å². The van der Waals surface area contributed by atoms with Gasteiger partial charge in [-0.05, 0) is 37.1 Å². The van der Waals surface area contributed by atoms with E-state index in [2.05, 4.69) is 33.3 Å². The van der Waals surface area contributed by atoms with E-state index in [-0.39, 0.29) is 5.91 Å². The molecular weight excluding hydrogens is 330 g/mol. The monoisotopic (exact) mass is 361 g/mol. The van der Waals surface area contributed by atoms with Crippen molar-refractivity contribution < 1.29 is 14.3 Å². The molecule has 2 aliphatic heterocycles. The third kappa shape index (κ3) is 6.59. The topological polar surface area (TPSA) is 54.0 Å². The first kappa shape index (κ1) is 19.1. The number of morpholine rings is 1. The fourth-order valence-electron chi connectivity index (χ4n) is 3.42. The highest BCUT2D eigenvalue weighted by Gasteiger charge is 2.13. The lowest BCUT2D eigenvalue weighted by molar-refractivity contribution is -0.120. The lowest BCUT2D eigenvalue weighted by atomic mass is 10.2. The molecule has 144 valence electrons. The SMILES string of the molecule is O=C1CCN(Cc2cccc(OCCCCN3CCOCC3)c2)CCN1. The van der Waals surface area contributed by atoms with E-state index in [0.29, 0.717) is 6.42 Å². The van der Waals surface area contributed by atoms with E-state index in [9.17, 15) is 4.79 Å². The molecule has 26 heavy (non-hydrogen) atoms. The van der Waals surface area contributed by atoms with Crippen LogP contribution in [0.4, 0.5) is 0 Å². The van der Waals surface area contributed by atoms with Crippen LogP contribution in [0.25, 0.3) is 0 Å². The van der Waals surface area contributed by atoms with E-state index >= 15 is 0 Å². The number of hydrogen-bond acceptors (Lipinski definition) is 5. The third-order valence-electron chi connectivity index (χ3n) is 4.95. The zero-order chi connectivity index (χ0) is 18.0. The van der Waals surface area contributed by atoms with Crippen molar-refractivity contribution in [1.29, 1.82) is 0 Å². The molecule has 2 fully saturated rings. The smallest absolute Gasteiger partial charge is 0.221 e. The lowest BCUT2D eigenvalue weighted by Gasteiger charge is -2.26. The van der Waals surface area contributed by atoms with Gasteiger partial charge in [0.25, 0.3) is 0 Å². The largest absolute Gasteiger partial charge is 0.494 e. The molecule has 0 unspecified atom stereocenters. The second-order valence-corrected chi connectivity index (χ2v) is 7.03. The quantitative estimate of drug-likeness (QED) is 0.711. The molecule has 2 saturated heterocycles. The van der Waals surface area contributed by atoms with Gasteiger partial charge in [-0.1, -0.05) is 12.1 Å². The summed E-state index contributed by atoms with van der Waals surface area (Å²) in [7, 11) is 0. The summed E-state index contributed by atoms with van der Waals surface area (Å²) in [5.41, 5.74) is 1.24. The van der Waals surface area contributed by atoms with Crippen LogP contribution < -0.4 is 10.1 Å². The molecule has 1 aromatic rings. The van der Waals surface area contributed by atoms with Crippen LogP contribution in [-0.2, 0) is 16.1 Å². The zero-order valence-electron chi connectivity index (χ0n) is 15.6. The van der Waals surface area contributed by atoms with Gasteiger partial charge in [-0.3, -0.25) is 14.6 Å². The number of amides is 1. The molecule has 0 saturated carbocycles. The standard InChI is InChI=1S/C20H31N3O3/c24-20-6-9-23(10-7-21-20)17-18-4-3-5-19(16-18)26-13-2-1-8-22-11-14-25-15-12-22/h3-5,16H,1-2,6-15,17H2,(H,21,24). The van der Waals surface area contributed by atoms with Gasteiger partial charge < -0.3 is 14.8 Å². The molecule has 3 rings (SSSR count). The highest BCUT2D eigenvalue weighted by atomic mass is 16.5. The molecule has 2 aliphatic rings. The molecule has 0 spiro atoms. The molecule has 1 amide bonds. The predicted molar refractivity (Wildman–Crippen MR) is 101 cm³/mol. The summed E-state index contributed by atoms with van der Waals surface area (Å²) in [5, 5.41) is 2.92. The van der Waals surface area contributed by atoms with Crippen molar-refractivity contribution in [2.75, 3.05) is 59.1 Å². The Hall–Kier alpha value is -1.63. The molecule has 0 aromatic heterocycles. The van der Waals surface area contributed by atoms with Crippen molar-refractivity contribution in [2.24, 2.45) is 0 Å². The molecule has 0 aliphatic carbocycles. The maximum Gasteiger partial charge on any atom is 0.221 e. The fraction of sp³-hybridized carbons (Fsp3) is 0.650. The number of benzene rings is 1. The number of hydrogen-bond donors (Lipinski definition) is 1. The van der Waals surface area contributed by atoms with E-state index in [0.717, 1.165) is 84.2 Å². The first-order valence-corrected chi connectivity index (χ1v) is 9.80. The van der Waals surface area contributed by atoms with E-state index in [1.807, 2.05) is 6.07 Å². The summed E-state index contributed by atoms with van der Waals surface area (Å²) in [5.74, 6) is 1.10. The van der Waals surface area contributed by atoms with Gasteiger partial charge in [-0.15, -0.1) is 0 Å². The third-order valence-corrected chi connectivity index (χ3v) is 4.95. The van der Waals surface area contributed by atoms with Gasteiger partial charge in [-0.2, -0.15) is 0 Å². The van der Waals surface area contributed by atoms with Gasteiger partial charge >= 0.3 is 0 Å². The summed E-state index contributed by atoms with van der Waals surface area (Å²) in [6, 6.07) is 8.34. The van der Waals surface area contributed by atoms with E-state index in [1.165, 1.54) is 5.56 Å². The van der Waals surface area contributed by atoms with Gasteiger partial charge in [0.15, 0.2) is 0 Å². The van der Waals surface area contributed by atoms with Crippen molar-refractivity contribution in [2.45, 2.75) is 25.8 Å². The lowest BCUT2D eigenvalue weighted by Crippen LogP contribution is -2.36. The Balaban J connectivity index is 1.36. The second kappa shape index (κ2) is 10.5. The van der Waals surface area contributed by atoms with Gasteiger partial charge in [0.2, 0.25) is 5.91 Å². The Labute approximate surface area is 156 Å². The molecule has 2 heterocycles. The molecule has 1 aromatic carbocycles. The summed E-state index contributed by atoms with van der Waals surface area (Å²) in [4.78, 5) is 16.2. The van der Waals surface area contributed by atoms with Crippen LogP contribution in [0, 0.1) is 0 Å². The van der Waals surface area contributed by atoms with Crippen molar-refractivity contribution in [3.05, 3.63) is 29.8 Å². The van der Waals surface area contributed by atoms with Crippen molar-refractivity contribution in [3.8, 4) is 5.75 Å². The number of nitrogens with one attached hydrogen (secondary N) is 1. The maximum absolute atomic E-state index is 11.4. The van der Waals surface area contributed by atoms with Crippen LogP contribution in [0.5, 0.6) is 5.75 Å². The summed E-state index contributed by atoms with van der Waals surface area (Å²) in [6.07, 6.45) is 2.81. The predicted octanol–water partition coefficient (Wildman–Crippen LogP) is 1.50. The van der Waals surface area contributed by atoms with E-state index in [4.69, 9.17) is 9.47 Å². The number of unbranched alkanes of at least 4 members (excludes halogenated alkanes) is 1. The van der Waals surface area contributed by atoms with Gasteiger partial charge in [0.1, 0.15) is 5.75 Å². The zero-order valence-corrected chi connectivity index (χ0v) is 15.6. The minimum Gasteiger partial charge on any atom is -0.494 e. The highest BCUT2D eigenvalue weighted by molar-refractivity contribution is 5.76. The van der Waals surface area contributed by atoms with Crippen LogP contribution in [0.2, 0.25) is 0 Å². The van der Waals surface area contributed by atoms with E-state index in [1.54, 1.807) is 0 Å². The molecule has 0 atom stereocenters. The highest BCUT2D eigenvalue weighted by Crippen LogP contribution is 2.16.